The third kappa shape index (κ3) is 1.36. The van der Waals surface area contributed by atoms with Gasteiger partial charge in [-0.25, -0.2) is 4.98 Å². The molecule has 1 fully saturated rings. The van der Waals surface area contributed by atoms with Crippen molar-refractivity contribution in [3.8, 4) is 0 Å². The maximum absolute atomic E-state index is 4.82. The molecular formula is C7H10N2O. The Labute approximate surface area is 59.4 Å². The van der Waals surface area contributed by atoms with Crippen molar-refractivity contribution >= 4 is 0 Å². The largest absolute Gasteiger partial charge is 0.451 e. The van der Waals surface area contributed by atoms with Gasteiger partial charge in [-0.1, -0.05) is 0 Å². The fourth-order valence-corrected chi connectivity index (χ4v) is 0.861. The molecular weight excluding hydrogens is 128 g/mol. The molecule has 0 saturated heterocycles. The Bertz CT molecular complexity index is 191. The van der Waals surface area contributed by atoms with E-state index in [1.165, 1.54) is 19.2 Å². The minimum Gasteiger partial charge on any atom is -0.451 e. The summed E-state index contributed by atoms with van der Waals surface area (Å²) in [6.07, 6.45) is 5.77. The summed E-state index contributed by atoms with van der Waals surface area (Å²) in [4.78, 5) is 3.99. The molecule has 0 bridgehead atoms. The molecule has 1 N–H and O–H groups in total. The topological polar surface area (TPSA) is 38.1 Å². The summed E-state index contributed by atoms with van der Waals surface area (Å²) < 4.78 is 4.82. The summed E-state index contributed by atoms with van der Waals surface area (Å²) >= 11 is 0. The molecule has 0 aromatic carbocycles. The maximum Gasteiger partial charge on any atom is 0.180 e. The van der Waals surface area contributed by atoms with Crippen LogP contribution in [0.25, 0.3) is 0 Å². The first kappa shape index (κ1) is 5.92. The molecule has 1 aromatic heterocycles. The number of nitrogens with zero attached hydrogens (tertiary/aromatic N) is 1. The predicted molar refractivity (Wildman–Crippen MR) is 36.4 cm³/mol. The Hall–Kier alpha value is -0.830. The first-order valence-corrected chi connectivity index (χ1v) is 3.55. The van der Waals surface area contributed by atoms with Crippen molar-refractivity contribution in [2.45, 2.75) is 25.4 Å². The van der Waals surface area contributed by atoms with E-state index in [1.807, 2.05) is 0 Å². The minimum atomic E-state index is 0.747. The number of oxazole rings is 1. The molecule has 0 unspecified atom stereocenters. The molecule has 0 amide bonds. The second-order valence-electron chi connectivity index (χ2n) is 2.63. The lowest BCUT2D eigenvalue weighted by atomic mass is 10.5. The van der Waals surface area contributed by atoms with E-state index < -0.39 is 0 Å². The summed E-state index contributed by atoms with van der Waals surface area (Å²) in [5.74, 6) is 0. The van der Waals surface area contributed by atoms with Gasteiger partial charge in [0.1, 0.15) is 6.26 Å². The molecule has 1 heterocycles. The normalized spacial score (nSPS) is 17.6. The van der Waals surface area contributed by atoms with Crippen LogP contribution in [0.4, 0.5) is 0 Å². The van der Waals surface area contributed by atoms with Gasteiger partial charge < -0.3 is 9.73 Å². The molecule has 10 heavy (non-hydrogen) atoms. The van der Waals surface area contributed by atoms with Gasteiger partial charge in [0.25, 0.3) is 0 Å². The van der Waals surface area contributed by atoms with Crippen molar-refractivity contribution in [1.82, 2.24) is 10.3 Å². The van der Waals surface area contributed by atoms with Gasteiger partial charge in [-0.15, -0.1) is 0 Å². The van der Waals surface area contributed by atoms with Gasteiger partial charge in [0.05, 0.1) is 5.69 Å². The molecule has 1 saturated carbocycles. The summed E-state index contributed by atoms with van der Waals surface area (Å²) in [7, 11) is 0. The maximum atomic E-state index is 4.82. The van der Waals surface area contributed by atoms with E-state index >= 15 is 0 Å². The summed E-state index contributed by atoms with van der Waals surface area (Å²) in [6, 6.07) is 0.747. The van der Waals surface area contributed by atoms with Crippen LogP contribution in [0.15, 0.2) is 17.1 Å². The van der Waals surface area contributed by atoms with Gasteiger partial charge in [0.2, 0.25) is 0 Å². The van der Waals surface area contributed by atoms with Crippen molar-refractivity contribution in [1.29, 1.82) is 0 Å². The number of hydrogen-bond donors (Lipinski definition) is 1. The zero-order chi connectivity index (χ0) is 6.81. The highest BCUT2D eigenvalue weighted by molar-refractivity contribution is 4.92. The molecule has 2 rings (SSSR count). The molecule has 0 spiro atoms. The minimum absolute atomic E-state index is 0.747. The summed E-state index contributed by atoms with van der Waals surface area (Å²) in [5, 5.41) is 3.34. The van der Waals surface area contributed by atoms with Crippen LogP contribution in [-0.2, 0) is 6.54 Å². The van der Waals surface area contributed by atoms with Crippen molar-refractivity contribution in [3.63, 3.8) is 0 Å². The molecule has 1 aliphatic carbocycles. The second-order valence-corrected chi connectivity index (χ2v) is 2.63. The lowest BCUT2D eigenvalue weighted by Crippen LogP contribution is -2.15. The monoisotopic (exact) mass is 138 g/mol. The molecule has 0 aliphatic heterocycles. The Morgan fingerprint density at radius 2 is 2.60 bits per heavy atom. The van der Waals surface area contributed by atoms with Crippen LogP contribution >= 0.6 is 0 Å². The SMILES string of the molecule is c1nc(CNC2CC2)co1. The van der Waals surface area contributed by atoms with Crippen LogP contribution in [0.5, 0.6) is 0 Å². The molecule has 1 aliphatic rings. The van der Waals surface area contributed by atoms with Crippen molar-refractivity contribution in [2.75, 3.05) is 0 Å². The smallest absolute Gasteiger partial charge is 0.180 e. The zero-order valence-corrected chi connectivity index (χ0v) is 5.71. The van der Waals surface area contributed by atoms with Gasteiger partial charge in [-0.2, -0.15) is 0 Å². The van der Waals surface area contributed by atoms with Crippen molar-refractivity contribution in [2.24, 2.45) is 0 Å². The number of aromatic nitrogens is 1. The standard InChI is InChI=1S/C7H10N2O/c1-2-6(1)8-3-7-4-10-5-9-7/h4-6,8H,1-3H2. The lowest BCUT2D eigenvalue weighted by Gasteiger charge is -1.95. The van der Waals surface area contributed by atoms with Crippen LogP contribution in [0.1, 0.15) is 18.5 Å². The average Bonchev–Trinajstić information content (AvgIpc) is 2.63. The van der Waals surface area contributed by atoms with E-state index in [-0.39, 0.29) is 0 Å². The quantitative estimate of drug-likeness (QED) is 0.675. The van der Waals surface area contributed by atoms with Gasteiger partial charge in [0.15, 0.2) is 6.39 Å². The molecule has 3 nitrogen and oxygen atoms in total. The highest BCUT2D eigenvalue weighted by Gasteiger charge is 2.20. The Balaban J connectivity index is 1.79. The van der Waals surface area contributed by atoms with Gasteiger partial charge >= 0.3 is 0 Å². The van der Waals surface area contributed by atoms with Gasteiger partial charge in [0, 0.05) is 12.6 Å². The average molecular weight is 138 g/mol. The van der Waals surface area contributed by atoms with Crippen LogP contribution in [0, 0.1) is 0 Å². The van der Waals surface area contributed by atoms with Crippen LogP contribution < -0.4 is 5.32 Å². The van der Waals surface area contributed by atoms with Crippen LogP contribution in [-0.4, -0.2) is 11.0 Å². The van der Waals surface area contributed by atoms with E-state index in [4.69, 9.17) is 4.42 Å². The molecule has 0 radical (unpaired) electrons. The van der Waals surface area contributed by atoms with Crippen LogP contribution in [0.3, 0.4) is 0 Å². The van der Waals surface area contributed by atoms with E-state index in [0.29, 0.717) is 0 Å². The number of nitrogens with one attached hydrogen (secondary N) is 1. The highest BCUT2D eigenvalue weighted by Crippen LogP contribution is 2.18. The summed E-state index contributed by atoms with van der Waals surface area (Å²) in [6.45, 7) is 0.848. The Morgan fingerprint density at radius 1 is 1.70 bits per heavy atom. The van der Waals surface area contributed by atoms with Crippen molar-refractivity contribution < 1.29 is 4.42 Å². The Morgan fingerprint density at radius 3 is 3.20 bits per heavy atom. The fourth-order valence-electron chi connectivity index (χ4n) is 0.861. The molecule has 54 valence electrons. The number of hydrogen-bond acceptors (Lipinski definition) is 3. The van der Waals surface area contributed by atoms with Gasteiger partial charge in [-0.3, -0.25) is 0 Å². The third-order valence-corrected chi connectivity index (χ3v) is 1.63. The second kappa shape index (κ2) is 2.42. The molecule has 1 aromatic rings. The molecule has 3 heteroatoms. The van der Waals surface area contributed by atoms with E-state index in [1.54, 1.807) is 6.26 Å². The zero-order valence-electron chi connectivity index (χ0n) is 5.71. The fraction of sp³-hybridized carbons (Fsp3) is 0.571. The lowest BCUT2D eigenvalue weighted by molar-refractivity contribution is 0.554. The van der Waals surface area contributed by atoms with E-state index in [2.05, 4.69) is 10.3 Å². The van der Waals surface area contributed by atoms with Gasteiger partial charge in [-0.05, 0) is 12.8 Å². The first-order valence-electron chi connectivity index (χ1n) is 3.55. The Kier molecular flexibility index (Phi) is 1.43. The number of rotatable bonds is 3. The summed E-state index contributed by atoms with van der Waals surface area (Å²) in [5.41, 5.74) is 0.993. The molecule has 0 atom stereocenters. The predicted octanol–water partition coefficient (Wildman–Crippen LogP) is 0.927. The highest BCUT2D eigenvalue weighted by atomic mass is 16.3. The van der Waals surface area contributed by atoms with E-state index in [9.17, 15) is 0 Å². The van der Waals surface area contributed by atoms with Crippen LogP contribution in [0.2, 0.25) is 0 Å². The van der Waals surface area contributed by atoms with Crippen molar-refractivity contribution in [3.05, 3.63) is 18.4 Å². The first-order chi connectivity index (χ1) is 4.95. The third-order valence-electron chi connectivity index (χ3n) is 1.63. The van der Waals surface area contributed by atoms with E-state index in [0.717, 1.165) is 18.3 Å².